The van der Waals surface area contributed by atoms with E-state index in [2.05, 4.69) is 19.8 Å². The monoisotopic (exact) mass is 605 g/mol. The number of aromatic nitrogens is 3. The number of halogens is 3. The summed E-state index contributed by atoms with van der Waals surface area (Å²) in [7, 11) is 0. The molecule has 0 spiro atoms. The van der Waals surface area contributed by atoms with Crippen molar-refractivity contribution in [2.75, 3.05) is 10.7 Å². The van der Waals surface area contributed by atoms with Crippen LogP contribution < -0.4 is 9.64 Å². The van der Waals surface area contributed by atoms with E-state index in [1.807, 2.05) is 56.3 Å². The summed E-state index contributed by atoms with van der Waals surface area (Å²) < 4.78 is 42.7. The molecule has 8 nitrogen and oxygen atoms in total. The lowest BCUT2D eigenvalue weighted by Gasteiger charge is -2.21. The van der Waals surface area contributed by atoms with Crippen LogP contribution in [0.4, 0.5) is 18.9 Å². The average molecular weight is 606 g/mol. The zero-order chi connectivity index (χ0) is 30.4. The number of amides is 2. The number of benzene rings is 3. The predicted molar refractivity (Wildman–Crippen MR) is 157 cm³/mol. The number of ether oxygens (including phenoxy) is 1. The van der Waals surface area contributed by atoms with Gasteiger partial charge in [-0.05, 0) is 67.6 Å². The lowest BCUT2D eigenvalue weighted by atomic mass is 9.91. The number of para-hydroxylation sites is 1. The number of amidine groups is 1. The molecule has 2 aliphatic rings. The highest BCUT2D eigenvalue weighted by Gasteiger charge is 2.46. The number of hydrogen-bond donors (Lipinski definition) is 0. The molecular weight excluding hydrogens is 579 g/mol. The lowest BCUT2D eigenvalue weighted by Crippen LogP contribution is -2.31. The molecule has 43 heavy (non-hydrogen) atoms. The molecule has 1 aliphatic heterocycles. The van der Waals surface area contributed by atoms with Gasteiger partial charge in [0.2, 0.25) is 11.8 Å². The largest absolute Gasteiger partial charge is 0.573 e. The highest BCUT2D eigenvalue weighted by molar-refractivity contribution is 8.15. The Morgan fingerprint density at radius 3 is 2.33 bits per heavy atom. The van der Waals surface area contributed by atoms with Crippen LogP contribution in [0.5, 0.6) is 5.75 Å². The molecule has 2 amide bonds. The zero-order valence-electron chi connectivity index (χ0n) is 23.3. The van der Waals surface area contributed by atoms with Gasteiger partial charge in [0, 0.05) is 17.4 Å². The maximum Gasteiger partial charge on any atom is 0.573 e. The molecule has 1 aliphatic carbocycles. The predicted octanol–water partition coefficient (Wildman–Crippen LogP) is 6.53. The van der Waals surface area contributed by atoms with E-state index < -0.39 is 6.36 Å². The molecule has 12 heteroatoms. The van der Waals surface area contributed by atoms with Crippen molar-refractivity contribution in [3.8, 4) is 22.8 Å². The van der Waals surface area contributed by atoms with Crippen molar-refractivity contribution in [1.82, 2.24) is 14.8 Å². The van der Waals surface area contributed by atoms with Crippen molar-refractivity contribution in [3.63, 3.8) is 0 Å². The van der Waals surface area contributed by atoms with Gasteiger partial charge in [-0.15, -0.1) is 18.3 Å². The molecule has 0 radical (unpaired) electrons. The summed E-state index contributed by atoms with van der Waals surface area (Å²) in [5.41, 5.74) is 4.68. The van der Waals surface area contributed by atoms with E-state index in [9.17, 15) is 22.8 Å². The van der Waals surface area contributed by atoms with Crippen molar-refractivity contribution in [1.29, 1.82) is 0 Å². The van der Waals surface area contributed by atoms with Gasteiger partial charge in [-0.3, -0.25) is 14.5 Å². The Bertz CT molecular complexity index is 1710. The van der Waals surface area contributed by atoms with Crippen LogP contribution in [-0.4, -0.2) is 43.9 Å². The number of alkyl halides is 3. The summed E-state index contributed by atoms with van der Waals surface area (Å²) in [5, 5.41) is 4.87. The van der Waals surface area contributed by atoms with Crippen LogP contribution in [0.1, 0.15) is 36.0 Å². The zero-order valence-corrected chi connectivity index (χ0v) is 24.1. The fourth-order valence-electron chi connectivity index (χ4n) is 5.27. The van der Waals surface area contributed by atoms with E-state index in [1.165, 1.54) is 47.0 Å². The average Bonchev–Trinajstić information content (AvgIpc) is 3.40. The molecule has 220 valence electrons. The third-order valence-electron chi connectivity index (χ3n) is 7.57. The van der Waals surface area contributed by atoms with E-state index >= 15 is 0 Å². The molecule has 3 aromatic carbocycles. The Hall–Kier alpha value is -4.45. The van der Waals surface area contributed by atoms with Gasteiger partial charge in [-0.25, -0.2) is 9.67 Å². The Morgan fingerprint density at radius 2 is 1.70 bits per heavy atom. The van der Waals surface area contributed by atoms with Gasteiger partial charge >= 0.3 is 6.36 Å². The van der Waals surface area contributed by atoms with Crippen LogP contribution in [0.25, 0.3) is 17.1 Å². The van der Waals surface area contributed by atoms with E-state index in [0.29, 0.717) is 16.7 Å². The van der Waals surface area contributed by atoms with Gasteiger partial charge in [0.1, 0.15) is 12.1 Å². The van der Waals surface area contributed by atoms with E-state index in [4.69, 9.17) is 0 Å². The minimum Gasteiger partial charge on any atom is -0.406 e. The summed E-state index contributed by atoms with van der Waals surface area (Å²) >= 11 is 1.28. The molecular formula is C31H26F3N5O3S. The van der Waals surface area contributed by atoms with Gasteiger partial charge in [-0.2, -0.15) is 4.99 Å². The second-order valence-electron chi connectivity index (χ2n) is 10.6. The second kappa shape index (κ2) is 11.0. The number of anilines is 1. The Morgan fingerprint density at radius 1 is 1.02 bits per heavy atom. The van der Waals surface area contributed by atoms with E-state index in [1.54, 1.807) is 4.90 Å². The van der Waals surface area contributed by atoms with Crippen LogP contribution in [-0.2, 0) is 15.0 Å². The maximum atomic E-state index is 13.2. The quantitative estimate of drug-likeness (QED) is 0.238. The Balaban J connectivity index is 1.14. The van der Waals surface area contributed by atoms with Crippen LogP contribution in [0.15, 0.2) is 78.0 Å². The number of aliphatic imine (C=N–C) groups is 1. The van der Waals surface area contributed by atoms with Crippen LogP contribution >= 0.6 is 11.8 Å². The number of thioether (sulfide) groups is 1. The molecule has 2 fully saturated rings. The molecule has 1 saturated carbocycles. The van der Waals surface area contributed by atoms with Crippen molar-refractivity contribution < 1.29 is 27.5 Å². The summed E-state index contributed by atoms with van der Waals surface area (Å²) in [6.45, 7) is 3.88. The third kappa shape index (κ3) is 6.05. The molecule has 0 bridgehead atoms. The molecule has 2 heterocycles. The van der Waals surface area contributed by atoms with Gasteiger partial charge in [0.25, 0.3) is 0 Å². The van der Waals surface area contributed by atoms with Crippen LogP contribution in [0.2, 0.25) is 0 Å². The first-order valence-corrected chi connectivity index (χ1v) is 14.5. The minimum absolute atomic E-state index is 0.0887. The van der Waals surface area contributed by atoms with E-state index in [0.717, 1.165) is 40.8 Å². The van der Waals surface area contributed by atoms with Gasteiger partial charge < -0.3 is 4.74 Å². The molecule has 0 N–H and O–H groups in total. The fraction of sp³-hybridized carbons (Fsp3) is 0.258. The topological polar surface area (TPSA) is 89.7 Å². The third-order valence-corrected chi connectivity index (χ3v) is 8.50. The molecule has 0 unspecified atom stereocenters. The Labute approximate surface area is 249 Å². The number of aryl methyl sites for hydroxylation is 2. The standard InChI is InChI=1S/C31H26F3N5O3S/c1-19-4-3-5-20(2)27(19)39-26(41)17-43-29(39)36-25(40)16-30(14-15-30)22-8-6-21(7-9-22)28-35-18-38(37-28)23-10-12-24(13-11-23)42-31(32,33)34/h3-13,18H,14-17H2,1-2H3. The first kappa shape index (κ1) is 28.7. The number of rotatable bonds is 7. The van der Waals surface area contributed by atoms with Crippen molar-refractivity contribution >= 4 is 34.4 Å². The van der Waals surface area contributed by atoms with Crippen molar-refractivity contribution in [3.05, 3.63) is 89.7 Å². The minimum atomic E-state index is -4.76. The highest BCUT2D eigenvalue weighted by Crippen LogP contribution is 2.51. The summed E-state index contributed by atoms with van der Waals surface area (Å²) in [6.07, 6.45) is -1.32. The summed E-state index contributed by atoms with van der Waals surface area (Å²) in [4.78, 5) is 36.2. The molecule has 6 rings (SSSR count). The second-order valence-corrected chi connectivity index (χ2v) is 11.6. The van der Waals surface area contributed by atoms with Crippen molar-refractivity contribution in [2.24, 2.45) is 4.99 Å². The highest BCUT2D eigenvalue weighted by atomic mass is 32.2. The van der Waals surface area contributed by atoms with Gasteiger partial charge in [0.05, 0.1) is 17.1 Å². The summed E-state index contributed by atoms with van der Waals surface area (Å²) in [6, 6.07) is 18.9. The molecule has 0 atom stereocenters. The molecule has 4 aromatic rings. The molecule has 1 aromatic heterocycles. The first-order valence-electron chi connectivity index (χ1n) is 13.5. The number of carbonyl (C=O) groups is 2. The van der Waals surface area contributed by atoms with Gasteiger partial charge in [0.15, 0.2) is 11.0 Å². The van der Waals surface area contributed by atoms with Crippen molar-refractivity contribution in [2.45, 2.75) is 44.9 Å². The SMILES string of the molecule is Cc1cccc(C)c1N1C(=O)CSC1=NC(=O)CC1(c2ccc(-c3ncn(-c4ccc(OC(F)(F)F)cc4)n3)cc2)CC1. The number of nitrogens with zero attached hydrogens (tertiary/aromatic N) is 5. The van der Waals surface area contributed by atoms with Gasteiger partial charge in [-0.1, -0.05) is 54.2 Å². The smallest absolute Gasteiger partial charge is 0.406 e. The number of hydrogen-bond acceptors (Lipinski definition) is 6. The Kier molecular flexibility index (Phi) is 7.33. The normalized spacial score (nSPS) is 17.0. The van der Waals surface area contributed by atoms with E-state index in [-0.39, 0.29) is 35.2 Å². The maximum absolute atomic E-state index is 13.2. The van der Waals surface area contributed by atoms with Crippen LogP contribution in [0.3, 0.4) is 0 Å². The summed E-state index contributed by atoms with van der Waals surface area (Å²) in [5.74, 6) is 0.0224. The first-order chi connectivity index (χ1) is 20.5. The number of carbonyl (C=O) groups excluding carboxylic acids is 2. The lowest BCUT2D eigenvalue weighted by molar-refractivity contribution is -0.274. The molecule has 1 saturated heterocycles. The fourth-order valence-corrected chi connectivity index (χ4v) is 6.14. The van der Waals surface area contributed by atoms with Crippen LogP contribution in [0, 0.1) is 13.8 Å².